The summed E-state index contributed by atoms with van der Waals surface area (Å²) in [4.78, 5) is 26.6. The fourth-order valence-corrected chi connectivity index (χ4v) is 4.82. The van der Waals surface area contributed by atoms with Gasteiger partial charge in [-0.1, -0.05) is 52.9 Å². The van der Waals surface area contributed by atoms with Crippen molar-refractivity contribution in [3.8, 4) is 0 Å². The van der Waals surface area contributed by atoms with Gasteiger partial charge in [0.15, 0.2) is 4.34 Å². The number of nitrogens with zero attached hydrogens (tertiary/aromatic N) is 3. The summed E-state index contributed by atoms with van der Waals surface area (Å²) in [6, 6.07) is 14.0. The van der Waals surface area contributed by atoms with Crippen molar-refractivity contribution in [3.63, 3.8) is 0 Å². The first-order valence-electron chi connectivity index (χ1n) is 9.36. The highest BCUT2D eigenvalue weighted by Gasteiger charge is 2.35. The van der Waals surface area contributed by atoms with Gasteiger partial charge >= 0.3 is 0 Å². The van der Waals surface area contributed by atoms with E-state index < -0.39 is 5.92 Å². The molecule has 1 aliphatic rings. The normalized spacial score (nSPS) is 16.1. The van der Waals surface area contributed by atoms with Crippen LogP contribution >= 0.6 is 23.1 Å². The Bertz CT molecular complexity index is 1050. The molecule has 2 aromatic carbocycles. The van der Waals surface area contributed by atoms with E-state index in [2.05, 4.69) is 15.5 Å². The summed E-state index contributed by atoms with van der Waals surface area (Å²) >= 11 is 2.75. The minimum Gasteiger partial charge on any atom is -0.312 e. The Kier molecular flexibility index (Phi) is 6.10. The second-order valence-electron chi connectivity index (χ2n) is 7.02. The maximum absolute atomic E-state index is 13.0. The van der Waals surface area contributed by atoms with Crippen molar-refractivity contribution in [1.29, 1.82) is 0 Å². The predicted octanol–water partition coefficient (Wildman–Crippen LogP) is 4.27. The topological polar surface area (TPSA) is 75.2 Å². The molecule has 0 bridgehead atoms. The summed E-state index contributed by atoms with van der Waals surface area (Å²) < 4.78 is 13.7. The number of rotatable bonds is 6. The van der Waals surface area contributed by atoms with Gasteiger partial charge in [-0.3, -0.25) is 9.59 Å². The van der Waals surface area contributed by atoms with Crippen LogP contribution in [0, 0.1) is 18.7 Å². The number of halogens is 1. The number of benzene rings is 2. The van der Waals surface area contributed by atoms with Gasteiger partial charge in [0.05, 0.1) is 5.92 Å². The molecule has 4 rings (SSSR count). The molecule has 1 saturated heterocycles. The summed E-state index contributed by atoms with van der Waals surface area (Å²) in [6.45, 7) is 2.33. The molecule has 6 nitrogen and oxygen atoms in total. The van der Waals surface area contributed by atoms with Crippen molar-refractivity contribution in [2.75, 3.05) is 16.8 Å². The molecule has 0 unspecified atom stereocenters. The van der Waals surface area contributed by atoms with E-state index in [1.807, 2.05) is 31.2 Å². The third-order valence-electron chi connectivity index (χ3n) is 4.75. The van der Waals surface area contributed by atoms with Crippen LogP contribution in [0.4, 0.5) is 15.2 Å². The monoisotopic (exact) mass is 442 g/mol. The number of amides is 2. The zero-order chi connectivity index (χ0) is 21.1. The Morgan fingerprint density at radius 3 is 2.67 bits per heavy atom. The van der Waals surface area contributed by atoms with Gasteiger partial charge in [0.1, 0.15) is 5.82 Å². The number of thioether (sulfide) groups is 1. The second-order valence-corrected chi connectivity index (χ2v) is 9.22. The summed E-state index contributed by atoms with van der Waals surface area (Å²) in [5, 5.41) is 11.3. The number of carbonyl (C=O) groups is 2. The van der Waals surface area contributed by atoms with Crippen molar-refractivity contribution in [3.05, 3.63) is 65.5 Å². The van der Waals surface area contributed by atoms with Gasteiger partial charge in [-0.05, 0) is 36.8 Å². The number of aryl methyl sites for hydroxylation is 1. The van der Waals surface area contributed by atoms with E-state index in [1.165, 1.54) is 35.2 Å². The third kappa shape index (κ3) is 4.85. The molecule has 1 fully saturated rings. The molecule has 1 atom stereocenters. The summed E-state index contributed by atoms with van der Waals surface area (Å²) in [7, 11) is 0. The van der Waals surface area contributed by atoms with Gasteiger partial charge in [0.2, 0.25) is 16.9 Å². The standard InChI is InChI=1S/C21H19FN4O2S2/c1-13-2-8-17(9-3-13)26-11-15(10-18(26)27)19(28)23-20-24-25-21(30-20)29-12-14-4-6-16(22)7-5-14/h2-9,15H,10-12H2,1H3,(H,23,24,28)/t15-/m0/s1. The lowest BCUT2D eigenvalue weighted by atomic mass is 10.1. The molecule has 9 heteroatoms. The van der Waals surface area contributed by atoms with Crippen molar-refractivity contribution < 1.29 is 14.0 Å². The summed E-state index contributed by atoms with van der Waals surface area (Å²) in [5.74, 6) is -0.365. The lowest BCUT2D eigenvalue weighted by Crippen LogP contribution is -2.28. The Balaban J connectivity index is 1.32. The first-order valence-corrected chi connectivity index (χ1v) is 11.2. The molecule has 1 N–H and O–H groups in total. The van der Waals surface area contributed by atoms with E-state index >= 15 is 0 Å². The number of hydrogen-bond acceptors (Lipinski definition) is 6. The maximum Gasteiger partial charge on any atom is 0.231 e. The highest BCUT2D eigenvalue weighted by molar-refractivity contribution is 8.00. The molecule has 1 aliphatic heterocycles. The predicted molar refractivity (Wildman–Crippen MR) is 116 cm³/mol. The molecule has 154 valence electrons. The Morgan fingerprint density at radius 2 is 1.93 bits per heavy atom. The van der Waals surface area contributed by atoms with Crippen LogP contribution in [-0.2, 0) is 15.3 Å². The fraction of sp³-hybridized carbons (Fsp3) is 0.238. The van der Waals surface area contributed by atoms with Crippen LogP contribution < -0.4 is 10.2 Å². The largest absolute Gasteiger partial charge is 0.312 e. The zero-order valence-corrected chi connectivity index (χ0v) is 17.8. The van der Waals surface area contributed by atoms with Crippen molar-refractivity contribution >= 4 is 45.7 Å². The molecule has 1 aromatic heterocycles. The molecule has 2 amide bonds. The Hall–Kier alpha value is -2.78. The summed E-state index contributed by atoms with van der Waals surface area (Å²) in [5.41, 5.74) is 2.89. The minimum absolute atomic E-state index is 0.0631. The van der Waals surface area contributed by atoms with E-state index in [9.17, 15) is 14.0 Å². The molecule has 3 aromatic rings. The zero-order valence-electron chi connectivity index (χ0n) is 16.2. The van der Waals surface area contributed by atoms with Crippen LogP contribution in [-0.4, -0.2) is 28.6 Å². The van der Waals surface area contributed by atoms with Crippen LogP contribution in [0.15, 0.2) is 52.9 Å². The molecular formula is C21H19FN4O2S2. The second kappa shape index (κ2) is 8.93. The average Bonchev–Trinajstić information content (AvgIpc) is 3.35. The number of anilines is 2. The third-order valence-corrected chi connectivity index (χ3v) is 6.80. The summed E-state index contributed by atoms with van der Waals surface area (Å²) in [6.07, 6.45) is 0.171. The molecule has 0 radical (unpaired) electrons. The highest BCUT2D eigenvalue weighted by Crippen LogP contribution is 2.30. The number of hydrogen-bond donors (Lipinski definition) is 1. The van der Waals surface area contributed by atoms with Crippen LogP contribution in [0.5, 0.6) is 0 Å². The van der Waals surface area contributed by atoms with E-state index in [0.29, 0.717) is 21.8 Å². The molecule has 0 spiro atoms. The van der Waals surface area contributed by atoms with E-state index in [1.54, 1.807) is 17.0 Å². The van der Waals surface area contributed by atoms with Crippen LogP contribution in [0.25, 0.3) is 0 Å². The number of nitrogens with one attached hydrogen (secondary N) is 1. The van der Waals surface area contributed by atoms with Gasteiger partial charge < -0.3 is 10.2 Å². The first kappa shape index (κ1) is 20.5. The van der Waals surface area contributed by atoms with Gasteiger partial charge in [0, 0.05) is 24.4 Å². The Labute approximate surface area is 181 Å². The molecule has 0 saturated carbocycles. The van der Waals surface area contributed by atoms with Gasteiger partial charge in [-0.15, -0.1) is 10.2 Å². The van der Waals surface area contributed by atoms with Crippen molar-refractivity contribution in [1.82, 2.24) is 10.2 Å². The van der Waals surface area contributed by atoms with Crippen LogP contribution in [0.1, 0.15) is 17.5 Å². The smallest absolute Gasteiger partial charge is 0.231 e. The lowest BCUT2D eigenvalue weighted by molar-refractivity contribution is -0.122. The van der Waals surface area contributed by atoms with E-state index in [4.69, 9.17) is 0 Å². The molecular weight excluding hydrogens is 423 g/mol. The van der Waals surface area contributed by atoms with Gasteiger partial charge in [-0.25, -0.2) is 4.39 Å². The van der Waals surface area contributed by atoms with E-state index in [0.717, 1.165) is 16.8 Å². The van der Waals surface area contributed by atoms with Gasteiger partial charge in [-0.2, -0.15) is 0 Å². The SMILES string of the molecule is Cc1ccc(N2C[C@@H](C(=O)Nc3nnc(SCc4ccc(F)cc4)s3)CC2=O)cc1. The fourth-order valence-electron chi connectivity index (χ4n) is 3.11. The number of aromatic nitrogens is 2. The maximum atomic E-state index is 13.0. The lowest BCUT2D eigenvalue weighted by Gasteiger charge is -2.16. The highest BCUT2D eigenvalue weighted by atomic mass is 32.2. The molecule has 2 heterocycles. The van der Waals surface area contributed by atoms with E-state index in [-0.39, 0.29) is 24.1 Å². The molecule has 0 aliphatic carbocycles. The number of carbonyl (C=O) groups excluding carboxylic acids is 2. The first-order chi connectivity index (χ1) is 14.5. The molecule has 30 heavy (non-hydrogen) atoms. The van der Waals surface area contributed by atoms with Crippen molar-refractivity contribution in [2.45, 2.75) is 23.4 Å². The quantitative estimate of drug-likeness (QED) is 0.456. The van der Waals surface area contributed by atoms with Crippen molar-refractivity contribution in [2.24, 2.45) is 5.92 Å². The van der Waals surface area contributed by atoms with Crippen LogP contribution in [0.3, 0.4) is 0 Å². The average molecular weight is 443 g/mol. The van der Waals surface area contributed by atoms with Gasteiger partial charge in [0.25, 0.3) is 0 Å². The minimum atomic E-state index is -0.432. The Morgan fingerprint density at radius 1 is 1.20 bits per heavy atom. The van der Waals surface area contributed by atoms with Crippen LogP contribution in [0.2, 0.25) is 0 Å².